The molecule has 3 aliphatic heterocycles. The third-order valence-corrected chi connectivity index (χ3v) is 8.61. The summed E-state index contributed by atoms with van der Waals surface area (Å²) in [6, 6.07) is 2.78. The molecule has 5 heterocycles. The maximum Gasteiger partial charge on any atom is 0.315 e. The normalized spacial score (nSPS) is 26.6. The van der Waals surface area contributed by atoms with Crippen molar-refractivity contribution in [1.82, 2.24) is 19.5 Å². The molecule has 2 fully saturated rings. The molecule has 7 rings (SSSR count). The number of carbonyl (C=O) groups is 4. The van der Waals surface area contributed by atoms with Crippen LogP contribution in [0.3, 0.4) is 0 Å². The van der Waals surface area contributed by atoms with Crippen molar-refractivity contribution in [1.29, 1.82) is 0 Å². The van der Waals surface area contributed by atoms with Gasteiger partial charge in [-0.2, -0.15) is 0 Å². The molecule has 2 unspecified atom stereocenters. The number of fused-ring (bicyclic) bond motifs is 6. The van der Waals surface area contributed by atoms with Crippen LogP contribution in [0.25, 0.3) is 5.65 Å². The molecule has 0 bridgehead atoms. The summed E-state index contributed by atoms with van der Waals surface area (Å²) in [5.74, 6) is -3.79. The quantitative estimate of drug-likeness (QED) is 0.415. The molecule has 1 saturated heterocycles. The number of rotatable bonds is 4. The first-order valence-corrected chi connectivity index (χ1v) is 13.2. The zero-order valence-corrected chi connectivity index (χ0v) is 21.7. The lowest BCUT2D eigenvalue weighted by atomic mass is 9.74. The maximum absolute atomic E-state index is 15.2. The third-order valence-electron chi connectivity index (χ3n) is 8.32. The van der Waals surface area contributed by atoms with Crippen molar-refractivity contribution in [2.24, 2.45) is 16.3 Å². The first-order chi connectivity index (χ1) is 19.3. The fourth-order valence-corrected chi connectivity index (χ4v) is 6.63. The van der Waals surface area contributed by atoms with Crippen LogP contribution in [0.2, 0.25) is 0 Å². The molecule has 2 aromatic heterocycles. The molecular formula is C28H21ClFN5O5. The molecule has 0 radical (unpaired) electrons. The highest BCUT2D eigenvalue weighted by atomic mass is 35.5. The molecule has 10 nitrogen and oxygen atoms in total. The highest BCUT2D eigenvalue weighted by molar-refractivity contribution is 6.40. The lowest BCUT2D eigenvalue weighted by Gasteiger charge is -2.41. The lowest BCUT2D eigenvalue weighted by Crippen LogP contribution is -2.49. The maximum atomic E-state index is 15.2. The van der Waals surface area contributed by atoms with Crippen LogP contribution in [0.15, 0.2) is 75.0 Å². The Kier molecular flexibility index (Phi) is 5.50. The topological polar surface area (TPSA) is 123 Å². The number of hydrogen-bond acceptors (Lipinski definition) is 8. The second kappa shape index (κ2) is 8.88. The Labute approximate surface area is 231 Å². The third kappa shape index (κ3) is 3.79. The van der Waals surface area contributed by atoms with Gasteiger partial charge in [-0.15, -0.1) is 10.2 Å². The van der Waals surface area contributed by atoms with E-state index in [-0.39, 0.29) is 52.2 Å². The van der Waals surface area contributed by atoms with Gasteiger partial charge in [0, 0.05) is 48.0 Å². The number of aromatic nitrogens is 3. The summed E-state index contributed by atoms with van der Waals surface area (Å²) in [7, 11) is 0. The molecule has 2 aliphatic carbocycles. The van der Waals surface area contributed by atoms with Gasteiger partial charge in [0.25, 0.3) is 0 Å². The summed E-state index contributed by atoms with van der Waals surface area (Å²) in [6.07, 6.45) is 8.59. The van der Waals surface area contributed by atoms with E-state index in [2.05, 4.69) is 15.2 Å². The molecule has 12 heteroatoms. The minimum Gasteiger partial charge on any atom is -0.457 e. The Morgan fingerprint density at radius 1 is 1.23 bits per heavy atom. The van der Waals surface area contributed by atoms with Crippen molar-refractivity contribution in [2.45, 2.75) is 25.3 Å². The van der Waals surface area contributed by atoms with Gasteiger partial charge in [-0.05, 0) is 47.8 Å². The number of Topliss-reactive ketones (excluding diaryl/α,β-unsaturated/α-hetero) is 1. The number of halogens is 2. The molecule has 1 amide bonds. The Balaban J connectivity index is 1.27. The number of nitrogens with zero attached hydrogens (tertiary/aromatic N) is 5. The highest BCUT2D eigenvalue weighted by Crippen LogP contribution is 2.62. The Hall–Kier alpha value is -4.25. The minimum absolute atomic E-state index is 0.00344. The second-order valence-corrected chi connectivity index (χ2v) is 11.1. The van der Waals surface area contributed by atoms with Crippen LogP contribution >= 0.6 is 11.6 Å². The molecule has 0 N–H and O–H groups in total. The molecule has 0 aromatic carbocycles. The van der Waals surface area contributed by atoms with Crippen LogP contribution in [-0.4, -0.2) is 74.9 Å². The van der Waals surface area contributed by atoms with E-state index < -0.39 is 35.9 Å². The van der Waals surface area contributed by atoms with Crippen LogP contribution in [-0.2, 0) is 19.1 Å². The van der Waals surface area contributed by atoms with E-state index in [1.165, 1.54) is 24.7 Å². The van der Waals surface area contributed by atoms with Crippen molar-refractivity contribution >= 4 is 46.9 Å². The summed E-state index contributed by atoms with van der Waals surface area (Å²) in [5.41, 5.74) is 1.71. The summed E-state index contributed by atoms with van der Waals surface area (Å²) in [4.78, 5) is 58.3. The van der Waals surface area contributed by atoms with E-state index in [0.29, 0.717) is 23.2 Å². The van der Waals surface area contributed by atoms with Gasteiger partial charge in [0.1, 0.15) is 18.1 Å². The molecule has 1 saturated carbocycles. The van der Waals surface area contributed by atoms with Gasteiger partial charge in [-0.1, -0.05) is 11.6 Å². The fraction of sp³-hybridized carbons (Fsp3) is 0.321. The predicted octanol–water partition coefficient (Wildman–Crippen LogP) is 2.70. The van der Waals surface area contributed by atoms with E-state index in [4.69, 9.17) is 16.3 Å². The SMILES string of the molecule is O=C1C=C(F)/C2=C(\Cl)C=NCC3=C(C2=C1)C(C(=O)OCC(=O)c1ccn2cnnc2c1)CN1C(=O)CC2(CC2)C31. The predicted molar refractivity (Wildman–Crippen MR) is 139 cm³/mol. The summed E-state index contributed by atoms with van der Waals surface area (Å²) in [5, 5.41) is 7.70. The summed E-state index contributed by atoms with van der Waals surface area (Å²) < 4.78 is 22.3. The van der Waals surface area contributed by atoms with E-state index >= 15 is 4.39 Å². The zero-order valence-electron chi connectivity index (χ0n) is 21.0. The number of carbonyl (C=O) groups excluding carboxylic acids is 4. The van der Waals surface area contributed by atoms with Crippen LogP contribution < -0.4 is 0 Å². The minimum atomic E-state index is -1.08. The molecule has 2 aromatic rings. The monoisotopic (exact) mass is 561 g/mol. The van der Waals surface area contributed by atoms with Gasteiger partial charge < -0.3 is 9.64 Å². The molecular weight excluding hydrogens is 541 g/mol. The van der Waals surface area contributed by atoms with Gasteiger partial charge in [0.05, 0.1) is 17.6 Å². The van der Waals surface area contributed by atoms with Gasteiger partial charge in [0.15, 0.2) is 18.0 Å². The number of pyridine rings is 1. The fourth-order valence-electron chi connectivity index (χ4n) is 6.37. The Bertz CT molecular complexity index is 1710. The summed E-state index contributed by atoms with van der Waals surface area (Å²) in [6.45, 7) is -0.460. The van der Waals surface area contributed by atoms with Crippen LogP contribution in [0.5, 0.6) is 0 Å². The second-order valence-electron chi connectivity index (χ2n) is 10.7. The molecule has 202 valence electrons. The first-order valence-electron chi connectivity index (χ1n) is 12.8. The van der Waals surface area contributed by atoms with E-state index in [9.17, 15) is 19.2 Å². The smallest absolute Gasteiger partial charge is 0.315 e. The summed E-state index contributed by atoms with van der Waals surface area (Å²) >= 11 is 6.41. The molecule has 2 atom stereocenters. The average Bonchev–Trinajstić information content (AvgIpc) is 3.42. The zero-order chi connectivity index (χ0) is 27.8. The number of ketones is 2. The van der Waals surface area contributed by atoms with Crippen LogP contribution in [0.1, 0.15) is 29.6 Å². The van der Waals surface area contributed by atoms with E-state index in [0.717, 1.165) is 18.9 Å². The molecule has 40 heavy (non-hydrogen) atoms. The highest BCUT2D eigenvalue weighted by Gasteiger charge is 2.62. The average molecular weight is 562 g/mol. The lowest BCUT2D eigenvalue weighted by molar-refractivity contribution is -0.147. The van der Waals surface area contributed by atoms with Gasteiger partial charge >= 0.3 is 5.97 Å². The van der Waals surface area contributed by atoms with Crippen molar-refractivity contribution < 1.29 is 28.3 Å². The van der Waals surface area contributed by atoms with Gasteiger partial charge in [-0.3, -0.25) is 28.6 Å². The van der Waals surface area contributed by atoms with Crippen molar-refractivity contribution in [3.63, 3.8) is 0 Å². The number of hydrogen-bond donors (Lipinski definition) is 0. The Morgan fingerprint density at radius 3 is 2.85 bits per heavy atom. The number of allylic oxidation sites excluding steroid dienone is 6. The largest absolute Gasteiger partial charge is 0.457 e. The number of ether oxygens (including phenoxy) is 1. The van der Waals surface area contributed by atoms with Crippen molar-refractivity contribution in [2.75, 3.05) is 19.7 Å². The molecule has 1 spiro atoms. The van der Waals surface area contributed by atoms with E-state index in [1.54, 1.807) is 21.6 Å². The standard InChI is InChI=1S/C28H21ClFN5O5/c29-19-10-31-9-17-24(16-6-15(36)7-20(30)25(16)19)18(11-35-23(38)8-28(2-3-28)26(17)35)27(39)40-12-21(37)14-1-4-34-13-32-33-22(34)5-14/h1,4-7,10,13,18,26H,2-3,8-9,11-12H2/b25-19-,31-10?. The first kappa shape index (κ1) is 24.8. The van der Waals surface area contributed by atoms with Crippen molar-refractivity contribution in [3.8, 4) is 0 Å². The van der Waals surface area contributed by atoms with Gasteiger partial charge in [-0.25, -0.2) is 4.39 Å². The number of amides is 1. The van der Waals surface area contributed by atoms with Crippen molar-refractivity contribution in [3.05, 3.63) is 75.5 Å². The van der Waals surface area contributed by atoms with Crippen LogP contribution in [0, 0.1) is 11.3 Å². The number of aliphatic imine (C=N–C) groups is 1. The van der Waals surface area contributed by atoms with E-state index in [1.807, 2.05) is 0 Å². The molecule has 5 aliphatic rings. The number of esters is 1. The Morgan fingerprint density at radius 2 is 2.05 bits per heavy atom. The van der Waals surface area contributed by atoms with Gasteiger partial charge in [0.2, 0.25) is 11.7 Å². The van der Waals surface area contributed by atoms with Crippen LogP contribution in [0.4, 0.5) is 4.39 Å².